The molecule has 0 aliphatic rings. The second kappa shape index (κ2) is 3.34. The topological polar surface area (TPSA) is 38.9 Å². The molecule has 0 bridgehead atoms. The summed E-state index contributed by atoms with van der Waals surface area (Å²) >= 11 is 5.66. The summed E-state index contributed by atoms with van der Waals surface area (Å²) in [6.45, 7) is 0. The first-order valence-electron chi connectivity index (χ1n) is 3.60. The number of hydrogen-bond donors (Lipinski definition) is 0. The second-order valence-corrected chi connectivity index (χ2v) is 2.91. The molecule has 0 atom stereocenters. The normalized spacial score (nSPS) is 10.5. The van der Waals surface area contributed by atoms with E-state index in [1.807, 2.05) is 0 Å². The largest absolute Gasteiger partial charge is 0.342 e. The van der Waals surface area contributed by atoms with Gasteiger partial charge in [-0.25, -0.2) is 8.78 Å². The maximum Gasteiger partial charge on any atom is 0.214 e. The Kier molecular flexibility index (Phi) is 2.17. The van der Waals surface area contributed by atoms with E-state index in [0.717, 1.165) is 18.5 Å². The van der Waals surface area contributed by atoms with Gasteiger partial charge in [0.2, 0.25) is 12.2 Å². The van der Waals surface area contributed by atoms with Crippen molar-refractivity contribution in [3.8, 4) is 11.4 Å². The zero-order valence-electron chi connectivity index (χ0n) is 6.67. The van der Waals surface area contributed by atoms with Gasteiger partial charge in [-0.1, -0.05) is 16.8 Å². The molecule has 0 fully saturated rings. The van der Waals surface area contributed by atoms with Gasteiger partial charge in [-0.15, -0.1) is 0 Å². The smallest absolute Gasteiger partial charge is 0.214 e. The monoisotopic (exact) mass is 216 g/mol. The highest BCUT2D eigenvalue weighted by atomic mass is 35.5. The lowest BCUT2D eigenvalue weighted by Crippen LogP contribution is -1.88. The van der Waals surface area contributed by atoms with Gasteiger partial charge in [0, 0.05) is 5.56 Å². The fraction of sp³-hybridized carbons (Fsp3) is 0. The molecule has 0 radical (unpaired) electrons. The van der Waals surface area contributed by atoms with Gasteiger partial charge in [-0.2, -0.15) is 4.98 Å². The number of rotatable bonds is 1. The minimum atomic E-state index is -1.01. The minimum Gasteiger partial charge on any atom is -0.342 e. The third-order valence-electron chi connectivity index (χ3n) is 1.61. The van der Waals surface area contributed by atoms with Gasteiger partial charge in [-0.3, -0.25) is 0 Å². The zero-order chi connectivity index (χ0) is 10.1. The summed E-state index contributed by atoms with van der Waals surface area (Å²) in [7, 11) is 0. The quantitative estimate of drug-likeness (QED) is 0.688. The Morgan fingerprint density at radius 2 is 1.93 bits per heavy atom. The first-order valence-corrected chi connectivity index (χ1v) is 3.97. The van der Waals surface area contributed by atoms with E-state index in [2.05, 4.69) is 14.7 Å². The molecule has 0 saturated carbocycles. The van der Waals surface area contributed by atoms with Gasteiger partial charge in [0.1, 0.15) is 0 Å². The standard InChI is InChI=1S/C8H3ClF2N2O/c9-5-2-7(11)6(10)1-4(5)8-12-3-14-13-8/h1-3H. The second-order valence-electron chi connectivity index (χ2n) is 2.50. The van der Waals surface area contributed by atoms with Crippen molar-refractivity contribution in [2.75, 3.05) is 0 Å². The van der Waals surface area contributed by atoms with Gasteiger partial charge in [0.15, 0.2) is 11.6 Å². The maximum atomic E-state index is 12.8. The number of aromatic nitrogens is 2. The Hall–Kier alpha value is -1.49. The van der Waals surface area contributed by atoms with Crippen molar-refractivity contribution in [3.05, 3.63) is 35.2 Å². The molecule has 6 heteroatoms. The van der Waals surface area contributed by atoms with Gasteiger partial charge >= 0.3 is 0 Å². The van der Waals surface area contributed by atoms with E-state index in [0.29, 0.717) is 0 Å². The Morgan fingerprint density at radius 3 is 2.57 bits per heavy atom. The molecule has 2 rings (SSSR count). The van der Waals surface area contributed by atoms with E-state index in [9.17, 15) is 8.78 Å². The molecule has 2 aromatic rings. The van der Waals surface area contributed by atoms with Crippen molar-refractivity contribution in [1.82, 2.24) is 10.1 Å². The van der Waals surface area contributed by atoms with Crippen LogP contribution in [0.25, 0.3) is 11.4 Å². The highest BCUT2D eigenvalue weighted by Gasteiger charge is 2.12. The lowest BCUT2D eigenvalue weighted by Gasteiger charge is -1.99. The van der Waals surface area contributed by atoms with Crippen LogP contribution in [0.2, 0.25) is 5.02 Å². The van der Waals surface area contributed by atoms with Crippen LogP contribution in [0.15, 0.2) is 23.0 Å². The maximum absolute atomic E-state index is 12.8. The Labute approximate surface area is 82.3 Å². The molecule has 0 aliphatic heterocycles. The van der Waals surface area contributed by atoms with Crippen LogP contribution in [-0.2, 0) is 0 Å². The van der Waals surface area contributed by atoms with Gasteiger partial charge in [0.25, 0.3) is 0 Å². The van der Waals surface area contributed by atoms with Crippen LogP contribution in [0.3, 0.4) is 0 Å². The molecular weight excluding hydrogens is 214 g/mol. The number of benzene rings is 1. The van der Waals surface area contributed by atoms with Crippen LogP contribution >= 0.6 is 11.6 Å². The number of hydrogen-bond acceptors (Lipinski definition) is 3. The van der Waals surface area contributed by atoms with E-state index >= 15 is 0 Å². The van der Waals surface area contributed by atoms with E-state index in [4.69, 9.17) is 11.6 Å². The summed E-state index contributed by atoms with van der Waals surface area (Å²) < 4.78 is 30.0. The molecule has 1 aromatic heterocycles. The molecule has 1 aromatic carbocycles. The molecule has 0 N–H and O–H groups in total. The van der Waals surface area contributed by atoms with Crippen molar-refractivity contribution in [2.45, 2.75) is 0 Å². The zero-order valence-corrected chi connectivity index (χ0v) is 7.42. The first kappa shape index (κ1) is 9.08. The fourth-order valence-electron chi connectivity index (χ4n) is 0.983. The van der Waals surface area contributed by atoms with Crippen LogP contribution in [0.1, 0.15) is 0 Å². The molecular formula is C8H3ClF2N2O. The first-order chi connectivity index (χ1) is 6.68. The molecule has 0 saturated heterocycles. The average molecular weight is 217 g/mol. The van der Waals surface area contributed by atoms with Crippen molar-refractivity contribution in [3.63, 3.8) is 0 Å². The minimum absolute atomic E-state index is 0.0327. The van der Waals surface area contributed by atoms with Gasteiger partial charge in [0.05, 0.1) is 5.02 Å². The molecule has 72 valence electrons. The highest BCUT2D eigenvalue weighted by Crippen LogP contribution is 2.27. The lowest BCUT2D eigenvalue weighted by atomic mass is 10.2. The predicted octanol–water partition coefficient (Wildman–Crippen LogP) is 2.67. The number of halogens is 3. The summed E-state index contributed by atoms with van der Waals surface area (Å²) in [4.78, 5) is 3.67. The molecule has 3 nitrogen and oxygen atoms in total. The summed E-state index contributed by atoms with van der Waals surface area (Å²) in [5.74, 6) is -1.90. The molecule has 0 amide bonds. The molecule has 0 spiro atoms. The Morgan fingerprint density at radius 1 is 1.21 bits per heavy atom. The van der Waals surface area contributed by atoms with Crippen LogP contribution in [0.5, 0.6) is 0 Å². The van der Waals surface area contributed by atoms with Crippen LogP contribution in [0, 0.1) is 11.6 Å². The van der Waals surface area contributed by atoms with E-state index in [-0.39, 0.29) is 16.4 Å². The summed E-state index contributed by atoms with van der Waals surface area (Å²) in [6, 6.07) is 1.78. The Balaban J connectivity index is 2.60. The van der Waals surface area contributed by atoms with E-state index in [1.54, 1.807) is 0 Å². The van der Waals surface area contributed by atoms with Crippen molar-refractivity contribution >= 4 is 11.6 Å². The summed E-state index contributed by atoms with van der Waals surface area (Å²) in [5, 5.41) is 3.49. The fourth-order valence-corrected chi connectivity index (χ4v) is 1.22. The average Bonchev–Trinajstić information content (AvgIpc) is 2.64. The highest BCUT2D eigenvalue weighted by molar-refractivity contribution is 6.33. The van der Waals surface area contributed by atoms with Crippen molar-refractivity contribution < 1.29 is 13.3 Å². The van der Waals surface area contributed by atoms with Crippen LogP contribution in [-0.4, -0.2) is 10.1 Å². The van der Waals surface area contributed by atoms with E-state index in [1.165, 1.54) is 0 Å². The molecule has 14 heavy (non-hydrogen) atoms. The molecule has 0 unspecified atom stereocenters. The van der Waals surface area contributed by atoms with Crippen molar-refractivity contribution in [2.24, 2.45) is 0 Å². The van der Waals surface area contributed by atoms with Crippen LogP contribution < -0.4 is 0 Å². The third kappa shape index (κ3) is 1.46. The van der Waals surface area contributed by atoms with Gasteiger partial charge in [-0.05, 0) is 12.1 Å². The number of nitrogens with zero attached hydrogens (tertiary/aromatic N) is 2. The van der Waals surface area contributed by atoms with Crippen LogP contribution in [0.4, 0.5) is 8.78 Å². The molecule has 1 heterocycles. The van der Waals surface area contributed by atoms with Crippen molar-refractivity contribution in [1.29, 1.82) is 0 Å². The third-order valence-corrected chi connectivity index (χ3v) is 1.92. The SMILES string of the molecule is Fc1cc(Cl)c(-c2ncon2)cc1F. The Bertz CT molecular complexity index is 459. The summed E-state index contributed by atoms with van der Waals surface area (Å²) in [5.41, 5.74) is 0.194. The predicted molar refractivity (Wildman–Crippen MR) is 44.7 cm³/mol. The lowest BCUT2D eigenvalue weighted by molar-refractivity contribution is 0.418. The summed E-state index contributed by atoms with van der Waals surface area (Å²) in [6.07, 6.45) is 1.08. The van der Waals surface area contributed by atoms with Gasteiger partial charge < -0.3 is 4.52 Å². The molecule has 0 aliphatic carbocycles. The van der Waals surface area contributed by atoms with E-state index < -0.39 is 11.6 Å².